The van der Waals surface area contributed by atoms with Crippen LogP contribution in [0.25, 0.3) is 0 Å². The van der Waals surface area contributed by atoms with Gasteiger partial charge in [0.25, 0.3) is 0 Å². The van der Waals surface area contributed by atoms with Crippen LogP contribution in [0.2, 0.25) is 0 Å². The number of benzene rings is 1. The highest BCUT2D eigenvalue weighted by Crippen LogP contribution is 2.18. The first-order valence-corrected chi connectivity index (χ1v) is 8.60. The molecule has 4 heteroatoms. The molecule has 0 amide bonds. The van der Waals surface area contributed by atoms with E-state index in [0.717, 1.165) is 38.4 Å². The van der Waals surface area contributed by atoms with Crippen LogP contribution in [-0.2, 0) is 6.54 Å². The van der Waals surface area contributed by atoms with Crippen molar-refractivity contribution in [1.82, 2.24) is 9.80 Å². The first-order valence-electron chi connectivity index (χ1n) is 8.60. The Kier molecular flexibility index (Phi) is 5.68. The van der Waals surface area contributed by atoms with Crippen molar-refractivity contribution in [2.75, 3.05) is 39.3 Å². The Balaban J connectivity index is 1.35. The number of alkyl halides is 1. The van der Waals surface area contributed by atoms with Crippen molar-refractivity contribution < 1.29 is 9.13 Å². The van der Waals surface area contributed by atoms with Gasteiger partial charge in [-0.1, -0.05) is 12.1 Å². The van der Waals surface area contributed by atoms with Gasteiger partial charge < -0.3 is 9.64 Å². The van der Waals surface area contributed by atoms with E-state index < -0.39 is 6.17 Å². The smallest absolute Gasteiger partial charge is 0.119 e. The number of hydrogen-bond acceptors (Lipinski definition) is 3. The zero-order valence-corrected chi connectivity index (χ0v) is 13.3. The normalized spacial score (nSPS) is 23.2. The quantitative estimate of drug-likeness (QED) is 0.720. The molecule has 1 aromatic rings. The van der Waals surface area contributed by atoms with E-state index in [0.29, 0.717) is 13.0 Å². The lowest BCUT2D eigenvalue weighted by molar-refractivity contribution is 0.263. The first kappa shape index (κ1) is 15.8. The molecule has 3 nitrogen and oxygen atoms in total. The monoisotopic (exact) mass is 306 g/mol. The summed E-state index contributed by atoms with van der Waals surface area (Å²) in [6, 6.07) is 8.27. The van der Waals surface area contributed by atoms with Gasteiger partial charge in [0.15, 0.2) is 0 Å². The van der Waals surface area contributed by atoms with Gasteiger partial charge in [-0.25, -0.2) is 4.39 Å². The van der Waals surface area contributed by atoms with E-state index in [1.807, 2.05) is 12.1 Å². The van der Waals surface area contributed by atoms with E-state index >= 15 is 0 Å². The molecule has 0 radical (unpaired) electrons. The van der Waals surface area contributed by atoms with Crippen molar-refractivity contribution in [2.24, 2.45) is 0 Å². The lowest BCUT2D eigenvalue weighted by Gasteiger charge is -2.16. The van der Waals surface area contributed by atoms with E-state index in [1.165, 1.54) is 31.5 Å². The fraction of sp³-hybridized carbons (Fsp3) is 0.667. The Morgan fingerprint density at radius 2 is 1.82 bits per heavy atom. The minimum Gasteiger partial charge on any atom is -0.494 e. The highest BCUT2D eigenvalue weighted by atomic mass is 19.1. The third-order valence-corrected chi connectivity index (χ3v) is 4.63. The molecule has 2 saturated heterocycles. The van der Waals surface area contributed by atoms with Crippen LogP contribution in [-0.4, -0.2) is 55.3 Å². The topological polar surface area (TPSA) is 15.7 Å². The minimum absolute atomic E-state index is 0.578. The minimum atomic E-state index is -0.641. The van der Waals surface area contributed by atoms with Crippen molar-refractivity contribution in [2.45, 2.75) is 38.4 Å². The summed E-state index contributed by atoms with van der Waals surface area (Å²) in [5.41, 5.74) is 1.23. The average molecular weight is 306 g/mol. The molecule has 22 heavy (non-hydrogen) atoms. The van der Waals surface area contributed by atoms with E-state index in [4.69, 9.17) is 4.74 Å². The number of ether oxygens (including phenoxy) is 1. The van der Waals surface area contributed by atoms with Crippen molar-refractivity contribution >= 4 is 0 Å². The van der Waals surface area contributed by atoms with Crippen LogP contribution in [0.3, 0.4) is 0 Å². The maximum absolute atomic E-state index is 13.2. The Labute approximate surface area is 133 Å². The van der Waals surface area contributed by atoms with Gasteiger partial charge in [0.1, 0.15) is 11.9 Å². The second-order valence-electron chi connectivity index (χ2n) is 6.52. The molecule has 0 aliphatic carbocycles. The maximum atomic E-state index is 13.2. The molecule has 0 bridgehead atoms. The fourth-order valence-corrected chi connectivity index (χ4v) is 3.36. The van der Waals surface area contributed by atoms with Gasteiger partial charge in [0.05, 0.1) is 6.61 Å². The molecule has 1 aromatic carbocycles. The van der Waals surface area contributed by atoms with Crippen LogP contribution in [0.15, 0.2) is 24.3 Å². The van der Waals surface area contributed by atoms with Crippen molar-refractivity contribution in [3.05, 3.63) is 29.8 Å². The van der Waals surface area contributed by atoms with Gasteiger partial charge in [-0.05, 0) is 56.5 Å². The molecule has 0 aromatic heterocycles. The second-order valence-corrected chi connectivity index (χ2v) is 6.52. The van der Waals surface area contributed by atoms with Crippen LogP contribution >= 0.6 is 0 Å². The highest BCUT2D eigenvalue weighted by molar-refractivity contribution is 5.27. The van der Waals surface area contributed by atoms with Crippen LogP contribution in [0, 0.1) is 0 Å². The van der Waals surface area contributed by atoms with Gasteiger partial charge in [0.2, 0.25) is 0 Å². The summed E-state index contributed by atoms with van der Waals surface area (Å²) in [6.45, 7) is 6.74. The summed E-state index contributed by atoms with van der Waals surface area (Å²) in [6.07, 6.45) is 3.83. The Morgan fingerprint density at radius 1 is 1.05 bits per heavy atom. The molecule has 2 heterocycles. The van der Waals surface area contributed by atoms with Gasteiger partial charge >= 0.3 is 0 Å². The van der Waals surface area contributed by atoms with Gasteiger partial charge in [-0.2, -0.15) is 0 Å². The molecular formula is C18H27FN2O. The Hall–Kier alpha value is -1.13. The Morgan fingerprint density at radius 3 is 2.50 bits per heavy atom. The van der Waals surface area contributed by atoms with Crippen LogP contribution in [0.1, 0.15) is 31.2 Å². The first-order chi connectivity index (χ1) is 10.8. The number of nitrogens with zero attached hydrogens (tertiary/aromatic N) is 2. The highest BCUT2D eigenvalue weighted by Gasteiger charge is 2.21. The van der Waals surface area contributed by atoms with Crippen LogP contribution < -0.4 is 4.74 Å². The largest absolute Gasteiger partial charge is 0.494 e. The number of hydrogen-bond donors (Lipinski definition) is 0. The molecule has 0 unspecified atom stereocenters. The van der Waals surface area contributed by atoms with E-state index in [2.05, 4.69) is 21.9 Å². The second kappa shape index (κ2) is 7.93. The number of likely N-dealkylation sites (tertiary alicyclic amines) is 2. The fourth-order valence-electron chi connectivity index (χ4n) is 3.36. The predicted octanol–water partition coefficient (Wildman–Crippen LogP) is 3.10. The lowest BCUT2D eigenvalue weighted by Crippen LogP contribution is -2.22. The molecule has 2 fully saturated rings. The molecule has 3 rings (SSSR count). The van der Waals surface area contributed by atoms with E-state index in [9.17, 15) is 4.39 Å². The van der Waals surface area contributed by atoms with Crippen molar-refractivity contribution in [1.29, 1.82) is 0 Å². The molecule has 0 saturated carbocycles. The number of halogens is 1. The molecule has 2 aliphatic heterocycles. The zero-order valence-electron chi connectivity index (χ0n) is 13.3. The molecule has 122 valence electrons. The summed E-state index contributed by atoms with van der Waals surface area (Å²) in [5, 5.41) is 0. The molecule has 2 aliphatic rings. The molecule has 1 atom stereocenters. The van der Waals surface area contributed by atoms with Crippen LogP contribution in [0.5, 0.6) is 5.75 Å². The summed E-state index contributed by atoms with van der Waals surface area (Å²) >= 11 is 0. The third-order valence-electron chi connectivity index (χ3n) is 4.63. The van der Waals surface area contributed by atoms with Gasteiger partial charge in [-0.3, -0.25) is 4.90 Å². The summed E-state index contributed by atoms with van der Waals surface area (Å²) in [7, 11) is 0. The van der Waals surface area contributed by atoms with Crippen LogP contribution in [0.4, 0.5) is 4.39 Å². The maximum Gasteiger partial charge on any atom is 0.119 e. The standard InChI is InChI=1S/C18H27FN2O/c19-17-8-12-21(15-17)14-16-4-6-18(7-5-16)22-13-3-11-20-9-1-2-10-20/h4-7,17H,1-3,8-15H2/t17-/m1/s1. The Bertz CT molecular complexity index is 445. The SMILES string of the molecule is F[C@@H]1CCN(Cc2ccc(OCCCN3CCCC3)cc2)C1. The van der Waals surface area contributed by atoms with Crippen molar-refractivity contribution in [3.63, 3.8) is 0 Å². The predicted molar refractivity (Wildman–Crippen MR) is 87.0 cm³/mol. The zero-order chi connectivity index (χ0) is 15.2. The van der Waals surface area contributed by atoms with Gasteiger partial charge in [-0.15, -0.1) is 0 Å². The number of rotatable bonds is 7. The summed E-state index contributed by atoms with van der Waals surface area (Å²) in [4.78, 5) is 4.69. The van der Waals surface area contributed by atoms with E-state index in [1.54, 1.807) is 0 Å². The lowest BCUT2D eigenvalue weighted by atomic mass is 10.2. The van der Waals surface area contributed by atoms with E-state index in [-0.39, 0.29) is 0 Å². The van der Waals surface area contributed by atoms with Gasteiger partial charge in [0, 0.05) is 26.2 Å². The molecular weight excluding hydrogens is 279 g/mol. The molecule has 0 spiro atoms. The third kappa shape index (κ3) is 4.68. The summed E-state index contributed by atoms with van der Waals surface area (Å²) in [5.74, 6) is 0.940. The van der Waals surface area contributed by atoms with Crippen molar-refractivity contribution in [3.8, 4) is 5.75 Å². The molecule has 0 N–H and O–H groups in total. The summed E-state index contributed by atoms with van der Waals surface area (Å²) < 4.78 is 19.0. The average Bonchev–Trinajstić information content (AvgIpc) is 3.17.